The minimum absolute atomic E-state index is 0.00315. The molecule has 2 saturated heterocycles. The number of ether oxygens (including phenoxy) is 5. The Morgan fingerprint density at radius 3 is 2.09 bits per heavy atom. The lowest BCUT2D eigenvalue weighted by Crippen LogP contribution is -2.63. The van der Waals surface area contributed by atoms with Crippen molar-refractivity contribution in [3.05, 3.63) is 29.8 Å². The number of carbonyl (C=O) groups excluding carboxylic acids is 2. The van der Waals surface area contributed by atoms with Crippen molar-refractivity contribution in [3.8, 4) is 5.75 Å². The molecule has 1 unspecified atom stereocenters. The van der Waals surface area contributed by atoms with E-state index in [-0.39, 0.29) is 11.3 Å². The summed E-state index contributed by atoms with van der Waals surface area (Å²) in [5.41, 5.74) is 0.00315. The van der Waals surface area contributed by atoms with E-state index in [4.69, 9.17) is 23.7 Å². The van der Waals surface area contributed by atoms with E-state index >= 15 is 0 Å². The third kappa shape index (κ3) is 5.62. The summed E-state index contributed by atoms with van der Waals surface area (Å²) < 4.78 is 26.1. The molecule has 0 aromatic heterocycles. The Bertz CT molecular complexity index is 875. The van der Waals surface area contributed by atoms with Gasteiger partial charge >= 0.3 is 11.9 Å². The molecule has 0 radical (unpaired) electrons. The van der Waals surface area contributed by atoms with E-state index in [1.54, 1.807) is 0 Å². The highest BCUT2D eigenvalue weighted by atomic mass is 16.8. The molecule has 0 saturated carbocycles. The fraction of sp³-hybridized carbons (Fsp3) is 0.619. The Hall–Kier alpha value is -2.24. The van der Waals surface area contributed by atoms with Crippen LogP contribution < -0.4 is 4.74 Å². The van der Waals surface area contributed by atoms with Gasteiger partial charge in [-0.25, -0.2) is 4.79 Å². The van der Waals surface area contributed by atoms with Crippen LogP contribution in [0.2, 0.25) is 0 Å². The Morgan fingerprint density at radius 1 is 0.943 bits per heavy atom. The number of hydrogen-bond donors (Lipinski definition) is 7. The van der Waals surface area contributed by atoms with Crippen molar-refractivity contribution in [3.63, 3.8) is 0 Å². The normalized spacial score (nSPS) is 37.1. The van der Waals surface area contributed by atoms with Crippen molar-refractivity contribution in [1.82, 2.24) is 0 Å². The Labute approximate surface area is 198 Å². The molecule has 1 aromatic carbocycles. The minimum Gasteiger partial charge on any atom is -0.453 e. The van der Waals surface area contributed by atoms with E-state index < -0.39 is 86.6 Å². The number of esters is 2. The number of hydrogen-bond acceptors (Lipinski definition) is 14. The molecule has 0 spiro atoms. The van der Waals surface area contributed by atoms with Gasteiger partial charge in [-0.1, -0.05) is 0 Å². The van der Waals surface area contributed by atoms with Crippen LogP contribution in [0.3, 0.4) is 0 Å². The van der Waals surface area contributed by atoms with E-state index in [1.165, 1.54) is 31.2 Å². The smallest absolute Gasteiger partial charge is 0.338 e. The van der Waals surface area contributed by atoms with Crippen molar-refractivity contribution in [1.29, 1.82) is 0 Å². The van der Waals surface area contributed by atoms with E-state index in [1.807, 2.05) is 0 Å². The molecule has 0 aliphatic carbocycles. The largest absolute Gasteiger partial charge is 0.453 e. The lowest BCUT2D eigenvalue weighted by atomic mass is 9.98. The monoisotopic (exact) mass is 504 g/mol. The van der Waals surface area contributed by atoms with Gasteiger partial charge in [0.1, 0.15) is 49.0 Å². The third-order valence-electron chi connectivity index (χ3n) is 5.64. The summed E-state index contributed by atoms with van der Waals surface area (Å²) in [6, 6.07) is 5.26. The molecule has 1 aromatic rings. The standard InChI is InChI=1S/C21H28O14/c1-9(25)31-11-4-2-10(3-5-11)19(30)33-17-13(7-23)32-20(16(28)15(17)27)35-21(8-24)18(29)14(26)12(6-22)34-21/h2-5,12-18,20,22-24,26-29H,6-8H2,1H3/t12-,13-,14-,15-,16-,17-,18+,20-,21?/m1/s1. The molecule has 0 amide bonds. The van der Waals surface area contributed by atoms with Crippen LogP contribution in [0, 0.1) is 0 Å². The summed E-state index contributed by atoms with van der Waals surface area (Å²) in [6.45, 7) is -1.35. The number of carbonyl (C=O) groups is 2. The van der Waals surface area contributed by atoms with Gasteiger partial charge in [0.05, 0.1) is 18.8 Å². The van der Waals surface area contributed by atoms with Gasteiger partial charge in [-0.15, -0.1) is 0 Å². The number of aliphatic hydroxyl groups excluding tert-OH is 7. The molecule has 3 rings (SSSR count). The maximum Gasteiger partial charge on any atom is 0.338 e. The van der Waals surface area contributed by atoms with Crippen LogP contribution >= 0.6 is 0 Å². The highest BCUT2D eigenvalue weighted by molar-refractivity contribution is 5.89. The highest BCUT2D eigenvalue weighted by Crippen LogP contribution is 2.36. The van der Waals surface area contributed by atoms with Crippen LogP contribution in [0.15, 0.2) is 24.3 Å². The van der Waals surface area contributed by atoms with Gasteiger partial charge in [-0.3, -0.25) is 4.79 Å². The van der Waals surface area contributed by atoms with Crippen molar-refractivity contribution in [2.24, 2.45) is 0 Å². The second-order valence-corrected chi connectivity index (χ2v) is 8.06. The first-order chi connectivity index (χ1) is 16.6. The molecular formula is C21H28O14. The Kier molecular flexibility index (Phi) is 8.76. The molecule has 2 aliphatic heterocycles. The molecule has 2 aliphatic rings. The van der Waals surface area contributed by atoms with Crippen molar-refractivity contribution in [2.45, 2.75) is 61.7 Å². The molecule has 0 bridgehead atoms. The summed E-state index contributed by atoms with van der Waals surface area (Å²) in [5.74, 6) is -3.65. The minimum atomic E-state index is -2.33. The first kappa shape index (κ1) is 27.3. The Morgan fingerprint density at radius 2 is 1.57 bits per heavy atom. The third-order valence-corrected chi connectivity index (χ3v) is 5.64. The van der Waals surface area contributed by atoms with Crippen LogP contribution in [-0.2, 0) is 23.7 Å². The lowest BCUT2D eigenvalue weighted by molar-refractivity contribution is -0.383. The number of rotatable bonds is 8. The molecule has 14 nitrogen and oxygen atoms in total. The van der Waals surface area contributed by atoms with Crippen LogP contribution in [0.1, 0.15) is 17.3 Å². The van der Waals surface area contributed by atoms with E-state index in [0.717, 1.165) is 0 Å². The molecule has 9 atom stereocenters. The first-order valence-corrected chi connectivity index (χ1v) is 10.6. The van der Waals surface area contributed by atoms with Gasteiger partial charge < -0.3 is 59.4 Å². The van der Waals surface area contributed by atoms with Crippen molar-refractivity contribution >= 4 is 11.9 Å². The second kappa shape index (κ2) is 11.2. The van der Waals surface area contributed by atoms with Crippen LogP contribution in [0.25, 0.3) is 0 Å². The SMILES string of the molecule is CC(=O)Oc1ccc(C(=O)O[C@H]2[C@H](O)[C@@H](O)[C@@H](OC3(CO)O[C@H](CO)[C@@H](O)[C@@H]3O)O[C@@H]2CO)cc1. The molecule has 196 valence electrons. The van der Waals surface area contributed by atoms with Crippen molar-refractivity contribution in [2.75, 3.05) is 19.8 Å². The van der Waals surface area contributed by atoms with Gasteiger partial charge in [0.2, 0.25) is 5.79 Å². The predicted molar refractivity (Wildman–Crippen MR) is 110 cm³/mol. The van der Waals surface area contributed by atoms with Crippen LogP contribution in [0.5, 0.6) is 5.75 Å². The average molecular weight is 504 g/mol. The highest BCUT2D eigenvalue weighted by Gasteiger charge is 2.58. The summed E-state index contributed by atoms with van der Waals surface area (Å²) in [5, 5.41) is 70.1. The molecule has 7 N–H and O–H groups in total. The fourth-order valence-electron chi connectivity index (χ4n) is 3.78. The van der Waals surface area contributed by atoms with Crippen molar-refractivity contribution < 1.29 is 69.0 Å². The second-order valence-electron chi connectivity index (χ2n) is 8.06. The van der Waals surface area contributed by atoms with Gasteiger partial charge in [0, 0.05) is 6.92 Å². The maximum atomic E-state index is 12.5. The molecule has 14 heteroatoms. The Balaban J connectivity index is 1.71. The van der Waals surface area contributed by atoms with E-state index in [9.17, 15) is 45.3 Å². The zero-order chi connectivity index (χ0) is 25.9. The predicted octanol–water partition coefficient (Wildman–Crippen LogP) is -3.61. The summed E-state index contributed by atoms with van der Waals surface area (Å²) in [7, 11) is 0. The molecular weight excluding hydrogens is 476 g/mol. The van der Waals surface area contributed by atoms with Crippen LogP contribution in [-0.4, -0.2) is 122 Å². The van der Waals surface area contributed by atoms with E-state index in [0.29, 0.717) is 0 Å². The van der Waals surface area contributed by atoms with Gasteiger partial charge in [-0.05, 0) is 24.3 Å². The maximum absolute atomic E-state index is 12.5. The van der Waals surface area contributed by atoms with Crippen LogP contribution in [0.4, 0.5) is 0 Å². The van der Waals surface area contributed by atoms with Gasteiger partial charge in [0.15, 0.2) is 12.4 Å². The summed E-state index contributed by atoms with van der Waals surface area (Å²) in [6.07, 6.45) is -13.4. The van der Waals surface area contributed by atoms with Gasteiger partial charge in [-0.2, -0.15) is 0 Å². The number of aliphatic hydroxyl groups is 7. The fourth-order valence-corrected chi connectivity index (χ4v) is 3.78. The lowest BCUT2D eigenvalue weighted by Gasteiger charge is -2.44. The summed E-state index contributed by atoms with van der Waals surface area (Å²) >= 11 is 0. The molecule has 35 heavy (non-hydrogen) atoms. The molecule has 2 heterocycles. The zero-order valence-electron chi connectivity index (χ0n) is 18.5. The quantitative estimate of drug-likeness (QED) is 0.134. The summed E-state index contributed by atoms with van der Waals surface area (Å²) in [4.78, 5) is 23.5. The first-order valence-electron chi connectivity index (χ1n) is 10.6. The van der Waals surface area contributed by atoms with E-state index in [2.05, 4.69) is 0 Å². The average Bonchev–Trinajstić information content (AvgIpc) is 3.08. The van der Waals surface area contributed by atoms with Gasteiger partial charge in [0.25, 0.3) is 0 Å². The number of benzene rings is 1. The topological polar surface area (TPSA) is 222 Å². The zero-order valence-corrected chi connectivity index (χ0v) is 18.5. The molecule has 2 fully saturated rings.